The average Bonchev–Trinajstić information content (AvgIpc) is 2.39. The summed E-state index contributed by atoms with van der Waals surface area (Å²) in [6.07, 6.45) is 2.63. The van der Waals surface area contributed by atoms with Crippen LogP contribution in [0.3, 0.4) is 0 Å². The Balaban J connectivity index is 2.11. The van der Waals surface area contributed by atoms with Gasteiger partial charge in [-0.15, -0.1) is 0 Å². The molecule has 0 spiro atoms. The van der Waals surface area contributed by atoms with Gasteiger partial charge in [-0.2, -0.15) is 15.0 Å². The number of rotatable bonds is 2. The van der Waals surface area contributed by atoms with Gasteiger partial charge in [0.2, 0.25) is 17.2 Å². The van der Waals surface area contributed by atoms with E-state index in [1.54, 1.807) is 0 Å². The molecule has 0 atom stereocenters. The predicted octanol–water partition coefficient (Wildman–Crippen LogP) is 3.53. The van der Waals surface area contributed by atoms with E-state index in [0.29, 0.717) is 24.7 Å². The fraction of sp³-hybridized carbons (Fsp3) is 0.857. The molecule has 164 valence electrons. The Morgan fingerprint density at radius 2 is 1.10 bits per heavy atom. The molecule has 3 N–H and O–H groups in total. The van der Waals surface area contributed by atoms with Gasteiger partial charge in [0, 0.05) is 28.2 Å². The minimum Gasteiger partial charge on any atom is -0.393 e. The number of nitrogens with zero attached hydrogens (tertiary/aromatic N) is 5. The largest absolute Gasteiger partial charge is 0.393 e. The Hall–Kier alpha value is -1.18. The molecule has 2 aliphatic heterocycles. The van der Waals surface area contributed by atoms with Crippen molar-refractivity contribution >= 4 is 23.5 Å². The van der Waals surface area contributed by atoms with Crippen LogP contribution in [0.5, 0.6) is 0 Å². The van der Waals surface area contributed by atoms with E-state index in [1.807, 2.05) is 0 Å². The molecule has 0 amide bonds. The first-order valence-corrected chi connectivity index (χ1v) is 10.9. The molecule has 0 saturated carbocycles. The van der Waals surface area contributed by atoms with Crippen LogP contribution in [0, 0.1) is 0 Å². The number of halogens is 1. The van der Waals surface area contributed by atoms with Crippen molar-refractivity contribution in [2.75, 3.05) is 9.80 Å². The maximum absolute atomic E-state index is 10.4. The summed E-state index contributed by atoms with van der Waals surface area (Å²) in [6, 6.07) is 0.134. The van der Waals surface area contributed by atoms with Crippen molar-refractivity contribution in [3.05, 3.63) is 5.28 Å². The lowest BCUT2D eigenvalue weighted by atomic mass is 9.77. The van der Waals surface area contributed by atoms with Crippen molar-refractivity contribution in [1.29, 1.82) is 0 Å². The summed E-state index contributed by atoms with van der Waals surface area (Å²) in [7, 11) is 0. The Bertz CT molecular complexity index is 682. The highest BCUT2D eigenvalue weighted by atomic mass is 35.5. The number of hydrogen-bond donors (Lipinski definition) is 2. The first-order valence-electron chi connectivity index (χ1n) is 10.5. The third kappa shape index (κ3) is 4.19. The molecule has 0 bridgehead atoms. The van der Waals surface area contributed by atoms with E-state index in [0.717, 1.165) is 12.8 Å². The maximum atomic E-state index is 10.4. The van der Waals surface area contributed by atoms with Gasteiger partial charge in [-0.3, -0.25) is 0 Å². The van der Waals surface area contributed by atoms with Gasteiger partial charge < -0.3 is 20.6 Å². The van der Waals surface area contributed by atoms with E-state index in [-0.39, 0.29) is 39.6 Å². The molecule has 0 aliphatic carbocycles. The molecular weight excluding hydrogens is 388 g/mol. The first kappa shape index (κ1) is 22.5. The SMILES string of the molecule is CC1(C)CC(N)CC(C)(C)N1c1nc(Cl)nc(N2C(C)(C)CC(O)CC2(C)C)n1. The van der Waals surface area contributed by atoms with E-state index in [4.69, 9.17) is 22.3 Å². The molecule has 2 aliphatic rings. The van der Waals surface area contributed by atoms with Crippen LogP contribution in [0.25, 0.3) is 0 Å². The number of aromatic nitrogens is 3. The van der Waals surface area contributed by atoms with Crippen LogP contribution in [0.4, 0.5) is 11.9 Å². The summed E-state index contributed by atoms with van der Waals surface area (Å²) >= 11 is 6.43. The molecule has 3 rings (SSSR count). The molecule has 1 aromatic heterocycles. The summed E-state index contributed by atoms with van der Waals surface area (Å²) in [5.74, 6) is 1.14. The van der Waals surface area contributed by atoms with Crippen LogP contribution in [-0.4, -0.2) is 54.4 Å². The lowest BCUT2D eigenvalue weighted by Crippen LogP contribution is -2.65. The molecule has 7 nitrogen and oxygen atoms in total. The fourth-order valence-electron chi connectivity index (χ4n) is 6.20. The van der Waals surface area contributed by atoms with Crippen molar-refractivity contribution in [3.8, 4) is 0 Å². The summed E-state index contributed by atoms with van der Waals surface area (Å²) < 4.78 is 0. The quantitative estimate of drug-likeness (QED) is 0.750. The molecule has 3 heterocycles. The van der Waals surface area contributed by atoms with E-state index < -0.39 is 0 Å². The van der Waals surface area contributed by atoms with Crippen molar-refractivity contribution in [2.45, 2.75) is 115 Å². The minimum atomic E-state index is -0.352. The van der Waals surface area contributed by atoms with E-state index in [2.05, 4.69) is 75.2 Å². The van der Waals surface area contributed by atoms with Crippen LogP contribution >= 0.6 is 11.6 Å². The number of aliphatic hydroxyl groups excluding tert-OH is 1. The van der Waals surface area contributed by atoms with Gasteiger partial charge in [0.05, 0.1) is 6.10 Å². The van der Waals surface area contributed by atoms with Gasteiger partial charge in [-0.25, -0.2) is 0 Å². The molecule has 1 aromatic rings. The number of aliphatic hydroxyl groups is 1. The van der Waals surface area contributed by atoms with Crippen LogP contribution in [0.1, 0.15) is 81.1 Å². The lowest BCUT2D eigenvalue weighted by molar-refractivity contribution is 0.0637. The first-order chi connectivity index (χ1) is 13.1. The third-order valence-corrected chi connectivity index (χ3v) is 6.57. The normalized spacial score (nSPS) is 26.6. The Kier molecular flexibility index (Phi) is 5.37. The monoisotopic (exact) mass is 424 g/mol. The molecule has 0 aromatic carbocycles. The van der Waals surface area contributed by atoms with Crippen LogP contribution < -0.4 is 15.5 Å². The topological polar surface area (TPSA) is 91.4 Å². The van der Waals surface area contributed by atoms with Crippen molar-refractivity contribution in [3.63, 3.8) is 0 Å². The number of anilines is 2. The second kappa shape index (κ2) is 6.92. The molecule has 2 saturated heterocycles. The zero-order chi connectivity index (χ0) is 22.0. The van der Waals surface area contributed by atoms with Crippen molar-refractivity contribution in [2.24, 2.45) is 5.73 Å². The maximum Gasteiger partial charge on any atom is 0.232 e. The van der Waals surface area contributed by atoms with Gasteiger partial charge in [0.15, 0.2) is 0 Å². The van der Waals surface area contributed by atoms with Gasteiger partial charge in [0.1, 0.15) is 0 Å². The standard InChI is InChI=1S/C21H37ClN6O/c1-18(2)9-13(23)10-19(3,4)27(18)16-24-15(22)25-17(26-16)28-20(5,6)11-14(29)12-21(28,7)8/h13-14,29H,9-12,23H2,1-8H3. The average molecular weight is 425 g/mol. The van der Waals surface area contributed by atoms with Crippen LogP contribution in [-0.2, 0) is 0 Å². The molecule has 2 fully saturated rings. The summed E-state index contributed by atoms with van der Waals surface area (Å²) in [6.45, 7) is 17.2. The second-order valence-corrected chi connectivity index (χ2v) is 11.7. The van der Waals surface area contributed by atoms with Gasteiger partial charge in [-0.1, -0.05) is 0 Å². The summed E-state index contributed by atoms with van der Waals surface area (Å²) in [5.41, 5.74) is 5.28. The molecule has 0 unspecified atom stereocenters. The Morgan fingerprint density at radius 3 is 1.48 bits per heavy atom. The highest BCUT2D eigenvalue weighted by molar-refractivity contribution is 6.28. The summed E-state index contributed by atoms with van der Waals surface area (Å²) in [4.78, 5) is 18.4. The van der Waals surface area contributed by atoms with E-state index >= 15 is 0 Å². The Morgan fingerprint density at radius 1 is 0.759 bits per heavy atom. The molecule has 8 heteroatoms. The van der Waals surface area contributed by atoms with Gasteiger partial charge in [-0.05, 0) is 92.7 Å². The zero-order valence-corrected chi connectivity index (χ0v) is 19.9. The number of hydrogen-bond acceptors (Lipinski definition) is 7. The lowest BCUT2D eigenvalue weighted by Gasteiger charge is -2.56. The predicted molar refractivity (Wildman–Crippen MR) is 119 cm³/mol. The van der Waals surface area contributed by atoms with Crippen molar-refractivity contribution < 1.29 is 5.11 Å². The molecule has 0 radical (unpaired) electrons. The molecular formula is C21H37ClN6O. The Labute approximate surface area is 180 Å². The van der Waals surface area contributed by atoms with Crippen LogP contribution in [0.15, 0.2) is 0 Å². The highest BCUT2D eigenvalue weighted by Crippen LogP contribution is 2.43. The van der Waals surface area contributed by atoms with E-state index in [1.165, 1.54) is 0 Å². The minimum absolute atomic E-state index is 0.134. The molecule has 29 heavy (non-hydrogen) atoms. The second-order valence-electron chi connectivity index (χ2n) is 11.4. The fourth-order valence-corrected chi connectivity index (χ4v) is 6.35. The van der Waals surface area contributed by atoms with Crippen LogP contribution in [0.2, 0.25) is 5.28 Å². The zero-order valence-electron chi connectivity index (χ0n) is 19.1. The van der Waals surface area contributed by atoms with Gasteiger partial charge in [0.25, 0.3) is 0 Å². The number of piperidine rings is 2. The smallest absolute Gasteiger partial charge is 0.232 e. The van der Waals surface area contributed by atoms with Gasteiger partial charge >= 0.3 is 0 Å². The summed E-state index contributed by atoms with van der Waals surface area (Å²) in [5, 5.41) is 10.6. The third-order valence-electron chi connectivity index (χ3n) is 6.40. The van der Waals surface area contributed by atoms with E-state index in [9.17, 15) is 5.11 Å². The highest BCUT2D eigenvalue weighted by Gasteiger charge is 2.49. The van der Waals surface area contributed by atoms with Crippen molar-refractivity contribution in [1.82, 2.24) is 15.0 Å². The number of nitrogens with two attached hydrogens (primary N) is 1.